The molecule has 3 aromatic rings. The summed E-state index contributed by atoms with van der Waals surface area (Å²) in [5.41, 5.74) is 3.81. The fraction of sp³-hybridized carbons (Fsp3) is 0.304. The van der Waals surface area contributed by atoms with E-state index in [0.717, 1.165) is 16.7 Å². The first-order valence-corrected chi connectivity index (χ1v) is 9.30. The Balaban J connectivity index is 2.24. The standard InChI is InChI=1S/C23H24O5/c1-6-26-23(25)16(5)27-22-19(24)18-12-14(3)11-15(4)20(18)28-21(22)17-9-7-13(2)8-10-17/h7-12,16H,6H2,1-5H3/t16-/m0/s1. The molecule has 2 aromatic carbocycles. The van der Waals surface area contributed by atoms with Crippen LogP contribution in [0.5, 0.6) is 5.75 Å². The zero-order chi connectivity index (χ0) is 20.4. The maximum atomic E-state index is 13.3. The molecule has 0 aliphatic carbocycles. The SMILES string of the molecule is CCOC(=O)[C@H](C)Oc1c(-c2ccc(C)cc2)oc2c(C)cc(C)cc2c1=O. The average Bonchev–Trinajstić information content (AvgIpc) is 2.65. The van der Waals surface area contributed by atoms with Crippen LogP contribution in [0.1, 0.15) is 30.5 Å². The topological polar surface area (TPSA) is 65.7 Å². The Morgan fingerprint density at radius 3 is 2.39 bits per heavy atom. The van der Waals surface area contributed by atoms with Crippen molar-refractivity contribution < 1.29 is 18.7 Å². The molecule has 5 nitrogen and oxygen atoms in total. The van der Waals surface area contributed by atoms with Gasteiger partial charge in [-0.1, -0.05) is 35.9 Å². The first-order valence-electron chi connectivity index (χ1n) is 9.30. The predicted molar refractivity (Wildman–Crippen MR) is 109 cm³/mol. The van der Waals surface area contributed by atoms with Crippen LogP contribution < -0.4 is 10.2 Å². The molecule has 146 valence electrons. The molecule has 3 rings (SSSR count). The monoisotopic (exact) mass is 380 g/mol. The number of hydrogen-bond donors (Lipinski definition) is 0. The van der Waals surface area contributed by atoms with Crippen LogP contribution in [-0.2, 0) is 9.53 Å². The molecule has 0 aliphatic heterocycles. The molecule has 0 aliphatic rings. The van der Waals surface area contributed by atoms with Crippen molar-refractivity contribution in [2.45, 2.75) is 40.7 Å². The van der Waals surface area contributed by atoms with E-state index in [-0.39, 0.29) is 17.8 Å². The summed E-state index contributed by atoms with van der Waals surface area (Å²) in [4.78, 5) is 25.3. The lowest BCUT2D eigenvalue weighted by molar-refractivity contribution is -0.150. The maximum Gasteiger partial charge on any atom is 0.347 e. The second-order valence-corrected chi connectivity index (χ2v) is 6.93. The van der Waals surface area contributed by atoms with E-state index >= 15 is 0 Å². The molecule has 0 amide bonds. The molecular formula is C23H24O5. The van der Waals surface area contributed by atoms with Crippen molar-refractivity contribution in [3.05, 3.63) is 63.3 Å². The molecule has 0 spiro atoms. The van der Waals surface area contributed by atoms with Crippen molar-refractivity contribution in [1.29, 1.82) is 0 Å². The second kappa shape index (κ2) is 7.89. The normalized spacial score (nSPS) is 12.0. The van der Waals surface area contributed by atoms with Crippen LogP contribution in [0.3, 0.4) is 0 Å². The molecule has 0 unspecified atom stereocenters. The zero-order valence-electron chi connectivity index (χ0n) is 16.8. The van der Waals surface area contributed by atoms with Crippen molar-refractivity contribution in [2.75, 3.05) is 6.61 Å². The van der Waals surface area contributed by atoms with Gasteiger partial charge in [0, 0.05) is 5.56 Å². The van der Waals surface area contributed by atoms with Gasteiger partial charge in [0.05, 0.1) is 12.0 Å². The van der Waals surface area contributed by atoms with Gasteiger partial charge in [0.25, 0.3) is 0 Å². The number of carbonyl (C=O) groups excluding carboxylic acids is 1. The molecule has 1 aromatic heterocycles. The fourth-order valence-electron chi connectivity index (χ4n) is 3.12. The van der Waals surface area contributed by atoms with Crippen LogP contribution in [0, 0.1) is 20.8 Å². The summed E-state index contributed by atoms with van der Waals surface area (Å²) in [5, 5.41) is 0.430. The Morgan fingerprint density at radius 2 is 1.75 bits per heavy atom. The molecule has 0 saturated heterocycles. The molecule has 0 radical (unpaired) electrons. The van der Waals surface area contributed by atoms with E-state index in [1.165, 1.54) is 0 Å². The first-order chi connectivity index (χ1) is 13.3. The van der Waals surface area contributed by atoms with Gasteiger partial charge < -0.3 is 13.9 Å². The Morgan fingerprint density at radius 1 is 1.07 bits per heavy atom. The highest BCUT2D eigenvalue weighted by Crippen LogP contribution is 2.33. The van der Waals surface area contributed by atoms with E-state index in [0.29, 0.717) is 22.3 Å². The lowest BCUT2D eigenvalue weighted by Gasteiger charge is -2.16. The van der Waals surface area contributed by atoms with E-state index in [2.05, 4.69) is 0 Å². The maximum absolute atomic E-state index is 13.3. The average molecular weight is 380 g/mol. The number of carbonyl (C=O) groups is 1. The molecule has 5 heteroatoms. The molecular weight excluding hydrogens is 356 g/mol. The zero-order valence-corrected chi connectivity index (χ0v) is 16.8. The summed E-state index contributed by atoms with van der Waals surface area (Å²) in [5.74, 6) is -0.209. The van der Waals surface area contributed by atoms with Gasteiger partial charge in [-0.2, -0.15) is 0 Å². The lowest BCUT2D eigenvalue weighted by Crippen LogP contribution is -2.28. The van der Waals surface area contributed by atoms with Gasteiger partial charge in [0.15, 0.2) is 11.9 Å². The quantitative estimate of drug-likeness (QED) is 0.600. The van der Waals surface area contributed by atoms with Crippen LogP contribution in [0.2, 0.25) is 0 Å². The van der Waals surface area contributed by atoms with Gasteiger partial charge in [0.2, 0.25) is 11.2 Å². The predicted octanol–water partition coefficient (Wildman–Crippen LogP) is 4.72. The second-order valence-electron chi connectivity index (χ2n) is 6.93. The fourth-order valence-corrected chi connectivity index (χ4v) is 3.12. The number of fused-ring (bicyclic) bond motifs is 1. The number of rotatable bonds is 5. The van der Waals surface area contributed by atoms with E-state index in [9.17, 15) is 9.59 Å². The van der Waals surface area contributed by atoms with E-state index in [1.807, 2.05) is 51.1 Å². The molecule has 0 saturated carbocycles. The highest BCUT2D eigenvalue weighted by Gasteiger charge is 2.24. The molecule has 0 N–H and O–H groups in total. The Labute approximate surface area is 163 Å². The van der Waals surface area contributed by atoms with Gasteiger partial charge in [-0.25, -0.2) is 4.79 Å². The third-order valence-electron chi connectivity index (χ3n) is 4.51. The van der Waals surface area contributed by atoms with E-state index in [4.69, 9.17) is 13.9 Å². The van der Waals surface area contributed by atoms with Crippen LogP contribution in [0.4, 0.5) is 0 Å². The van der Waals surface area contributed by atoms with Crippen LogP contribution in [0.25, 0.3) is 22.3 Å². The van der Waals surface area contributed by atoms with Crippen molar-refractivity contribution in [3.8, 4) is 17.1 Å². The van der Waals surface area contributed by atoms with Gasteiger partial charge >= 0.3 is 5.97 Å². The van der Waals surface area contributed by atoms with Crippen LogP contribution in [0.15, 0.2) is 45.6 Å². The van der Waals surface area contributed by atoms with Crippen molar-refractivity contribution in [3.63, 3.8) is 0 Å². The molecule has 28 heavy (non-hydrogen) atoms. The van der Waals surface area contributed by atoms with Crippen LogP contribution >= 0.6 is 0 Å². The Bertz CT molecular complexity index is 1080. The van der Waals surface area contributed by atoms with E-state index in [1.54, 1.807) is 19.9 Å². The molecule has 1 heterocycles. The van der Waals surface area contributed by atoms with Crippen LogP contribution in [-0.4, -0.2) is 18.7 Å². The van der Waals surface area contributed by atoms with Crippen molar-refractivity contribution in [2.24, 2.45) is 0 Å². The summed E-state index contributed by atoms with van der Waals surface area (Å²) >= 11 is 0. The molecule has 1 atom stereocenters. The van der Waals surface area contributed by atoms with Crippen molar-refractivity contribution >= 4 is 16.9 Å². The van der Waals surface area contributed by atoms with E-state index < -0.39 is 12.1 Å². The number of aryl methyl sites for hydroxylation is 3. The highest BCUT2D eigenvalue weighted by atomic mass is 16.6. The highest BCUT2D eigenvalue weighted by molar-refractivity contribution is 5.85. The number of ether oxygens (including phenoxy) is 2. The summed E-state index contributed by atoms with van der Waals surface area (Å²) in [6, 6.07) is 11.3. The van der Waals surface area contributed by atoms with Gasteiger partial charge in [-0.3, -0.25) is 4.79 Å². The molecule has 0 fully saturated rings. The lowest BCUT2D eigenvalue weighted by atomic mass is 10.0. The van der Waals surface area contributed by atoms with Gasteiger partial charge in [-0.05, 0) is 51.8 Å². The summed E-state index contributed by atoms with van der Waals surface area (Å²) in [7, 11) is 0. The first kappa shape index (κ1) is 19.7. The smallest absolute Gasteiger partial charge is 0.347 e. The van der Waals surface area contributed by atoms with Crippen molar-refractivity contribution in [1.82, 2.24) is 0 Å². The third kappa shape index (κ3) is 3.79. The minimum absolute atomic E-state index is 0.0157. The number of hydrogen-bond acceptors (Lipinski definition) is 5. The van der Waals surface area contributed by atoms with Gasteiger partial charge in [0.1, 0.15) is 5.58 Å². The number of benzene rings is 2. The summed E-state index contributed by atoms with van der Waals surface area (Å²) in [6.45, 7) is 9.32. The summed E-state index contributed by atoms with van der Waals surface area (Å²) in [6.07, 6.45) is -0.935. The Kier molecular flexibility index (Phi) is 5.54. The third-order valence-corrected chi connectivity index (χ3v) is 4.51. The minimum atomic E-state index is -0.935. The van der Waals surface area contributed by atoms with Gasteiger partial charge in [-0.15, -0.1) is 0 Å². The molecule has 0 bridgehead atoms. The minimum Gasteiger partial charge on any atom is -0.471 e. The number of esters is 1. The largest absolute Gasteiger partial charge is 0.471 e. The Hall–Kier alpha value is -3.08. The summed E-state index contributed by atoms with van der Waals surface area (Å²) < 4.78 is 16.9.